The van der Waals surface area contributed by atoms with Crippen molar-refractivity contribution in [1.29, 1.82) is 0 Å². The fraction of sp³-hybridized carbons (Fsp3) is 0.176. The lowest BCUT2D eigenvalue weighted by Crippen LogP contribution is -2.37. The number of hydrogen-bond donors (Lipinski definition) is 2. The van der Waals surface area contributed by atoms with E-state index in [0.717, 1.165) is 0 Å². The first-order chi connectivity index (χ1) is 11.9. The number of phenols is 1. The number of nitrogens with one attached hydrogen (secondary N) is 1. The van der Waals surface area contributed by atoms with Crippen molar-refractivity contribution in [1.82, 2.24) is 4.90 Å². The van der Waals surface area contributed by atoms with Gasteiger partial charge in [0.15, 0.2) is 18.1 Å². The van der Waals surface area contributed by atoms with Gasteiger partial charge in [-0.25, -0.2) is 0 Å². The van der Waals surface area contributed by atoms with E-state index in [-0.39, 0.29) is 24.7 Å². The van der Waals surface area contributed by atoms with E-state index in [4.69, 9.17) is 27.9 Å². The fourth-order valence-corrected chi connectivity index (χ4v) is 2.20. The number of carbonyl (C=O) groups is 2. The van der Waals surface area contributed by atoms with Crippen molar-refractivity contribution in [3.8, 4) is 11.5 Å². The molecule has 0 aromatic heterocycles. The van der Waals surface area contributed by atoms with E-state index < -0.39 is 11.8 Å². The number of hydrogen-bond acceptors (Lipinski definition) is 4. The molecule has 2 N–H and O–H groups in total. The summed E-state index contributed by atoms with van der Waals surface area (Å²) < 4.78 is 5.24. The summed E-state index contributed by atoms with van der Waals surface area (Å²) in [5.41, 5.74) is 0.478. The van der Waals surface area contributed by atoms with E-state index in [1.165, 1.54) is 24.1 Å². The van der Waals surface area contributed by atoms with Gasteiger partial charge in [-0.15, -0.1) is 0 Å². The molecule has 132 valence electrons. The van der Waals surface area contributed by atoms with Crippen LogP contribution in [0.2, 0.25) is 10.0 Å². The lowest BCUT2D eigenvalue weighted by molar-refractivity contribution is -0.135. The highest BCUT2D eigenvalue weighted by Gasteiger charge is 2.15. The van der Waals surface area contributed by atoms with Crippen molar-refractivity contribution >= 4 is 40.7 Å². The highest BCUT2D eigenvalue weighted by atomic mass is 35.5. The second-order valence-corrected chi connectivity index (χ2v) is 6.00. The number of likely N-dealkylation sites (N-methyl/N-ethyl adjacent to an activating group) is 1. The Balaban J connectivity index is 1.84. The minimum absolute atomic E-state index is 0.0599. The van der Waals surface area contributed by atoms with Crippen LogP contribution >= 0.6 is 23.2 Å². The SMILES string of the molecule is CN(CC(=O)Nc1ccc(Cl)c(Cl)c1)C(=O)COc1ccccc1O. The zero-order valence-corrected chi connectivity index (χ0v) is 14.8. The predicted octanol–water partition coefficient (Wildman–Crippen LogP) is 3.17. The Labute approximate surface area is 154 Å². The fourth-order valence-electron chi connectivity index (χ4n) is 1.91. The maximum atomic E-state index is 12.0. The Morgan fingerprint density at radius 2 is 1.88 bits per heavy atom. The molecule has 6 nitrogen and oxygen atoms in total. The quantitative estimate of drug-likeness (QED) is 0.803. The molecule has 8 heteroatoms. The normalized spacial score (nSPS) is 10.2. The third-order valence-electron chi connectivity index (χ3n) is 3.23. The molecule has 0 spiro atoms. The summed E-state index contributed by atoms with van der Waals surface area (Å²) in [4.78, 5) is 25.2. The first kappa shape index (κ1) is 18.9. The van der Waals surface area contributed by atoms with Gasteiger partial charge >= 0.3 is 0 Å². The minimum Gasteiger partial charge on any atom is -0.504 e. The first-order valence-corrected chi connectivity index (χ1v) is 8.02. The summed E-state index contributed by atoms with van der Waals surface area (Å²) in [6, 6.07) is 11.0. The number of phenolic OH excluding ortho intramolecular Hbond substituents is 1. The molecule has 0 heterocycles. The highest BCUT2D eigenvalue weighted by molar-refractivity contribution is 6.42. The second-order valence-electron chi connectivity index (χ2n) is 5.18. The number of amides is 2. The number of aromatic hydroxyl groups is 1. The van der Waals surface area contributed by atoms with Gasteiger partial charge in [-0.1, -0.05) is 35.3 Å². The Hall–Kier alpha value is -2.44. The molecule has 0 unspecified atom stereocenters. The molecule has 0 aliphatic rings. The highest BCUT2D eigenvalue weighted by Crippen LogP contribution is 2.25. The average Bonchev–Trinajstić information content (AvgIpc) is 2.57. The number of ether oxygens (including phenoxy) is 1. The van der Waals surface area contributed by atoms with Crippen LogP contribution in [-0.2, 0) is 9.59 Å². The summed E-state index contributed by atoms with van der Waals surface area (Å²) in [6.45, 7) is -0.461. The zero-order chi connectivity index (χ0) is 18.4. The molecule has 2 rings (SSSR count). The molecule has 0 aliphatic carbocycles. The van der Waals surface area contributed by atoms with Crippen molar-refractivity contribution in [2.75, 3.05) is 25.5 Å². The molecule has 0 saturated heterocycles. The number of anilines is 1. The summed E-state index contributed by atoms with van der Waals surface area (Å²) in [7, 11) is 1.48. The van der Waals surface area contributed by atoms with E-state index in [1.54, 1.807) is 30.3 Å². The van der Waals surface area contributed by atoms with Gasteiger partial charge in [-0.05, 0) is 30.3 Å². The zero-order valence-electron chi connectivity index (χ0n) is 13.3. The average molecular weight is 383 g/mol. The second kappa shape index (κ2) is 8.60. The van der Waals surface area contributed by atoms with Crippen molar-refractivity contribution < 1.29 is 19.4 Å². The molecule has 0 fully saturated rings. The van der Waals surface area contributed by atoms with E-state index in [2.05, 4.69) is 5.32 Å². The van der Waals surface area contributed by atoms with Crippen LogP contribution in [0.15, 0.2) is 42.5 Å². The number of nitrogens with zero attached hydrogens (tertiary/aromatic N) is 1. The molecule has 0 saturated carbocycles. The van der Waals surface area contributed by atoms with Crippen LogP contribution in [0.5, 0.6) is 11.5 Å². The number of carbonyl (C=O) groups excluding carboxylic acids is 2. The topological polar surface area (TPSA) is 78.9 Å². The van der Waals surface area contributed by atoms with Crippen LogP contribution in [0.4, 0.5) is 5.69 Å². The van der Waals surface area contributed by atoms with Crippen LogP contribution in [-0.4, -0.2) is 42.0 Å². The van der Waals surface area contributed by atoms with E-state index in [9.17, 15) is 14.7 Å². The van der Waals surface area contributed by atoms with Gasteiger partial charge in [0.1, 0.15) is 0 Å². The first-order valence-electron chi connectivity index (χ1n) is 7.26. The molecule has 0 bridgehead atoms. The number of benzene rings is 2. The van der Waals surface area contributed by atoms with Crippen LogP contribution in [0, 0.1) is 0 Å². The van der Waals surface area contributed by atoms with E-state index >= 15 is 0 Å². The summed E-state index contributed by atoms with van der Waals surface area (Å²) in [5, 5.41) is 12.9. The van der Waals surface area contributed by atoms with Gasteiger partial charge in [0.25, 0.3) is 5.91 Å². The van der Waals surface area contributed by atoms with Crippen molar-refractivity contribution in [3.63, 3.8) is 0 Å². The lowest BCUT2D eigenvalue weighted by Gasteiger charge is -2.17. The summed E-state index contributed by atoms with van der Waals surface area (Å²) in [6.07, 6.45) is 0. The predicted molar refractivity (Wildman–Crippen MR) is 96.3 cm³/mol. The standard InChI is InChI=1S/C17H16Cl2N2O4/c1-21(17(24)10-25-15-5-3-2-4-14(15)22)9-16(23)20-11-6-7-12(18)13(19)8-11/h2-8,22H,9-10H2,1H3,(H,20,23). The molecular formula is C17H16Cl2N2O4. The Kier molecular flexibility index (Phi) is 6.50. The summed E-state index contributed by atoms with van der Waals surface area (Å²) in [5.74, 6) is -0.663. The summed E-state index contributed by atoms with van der Waals surface area (Å²) >= 11 is 11.7. The molecule has 0 atom stereocenters. The third-order valence-corrected chi connectivity index (χ3v) is 3.97. The third kappa shape index (κ3) is 5.55. The maximum Gasteiger partial charge on any atom is 0.260 e. The van der Waals surface area contributed by atoms with Gasteiger partial charge in [-0.3, -0.25) is 9.59 Å². The Morgan fingerprint density at radius 3 is 2.56 bits per heavy atom. The minimum atomic E-state index is -0.410. The number of para-hydroxylation sites is 2. The van der Waals surface area contributed by atoms with Gasteiger partial charge in [0.05, 0.1) is 16.6 Å². The maximum absolute atomic E-state index is 12.0. The number of halogens is 2. The molecule has 25 heavy (non-hydrogen) atoms. The molecular weight excluding hydrogens is 367 g/mol. The molecule has 0 radical (unpaired) electrons. The van der Waals surface area contributed by atoms with Gasteiger partial charge < -0.3 is 20.1 Å². The van der Waals surface area contributed by atoms with Crippen molar-refractivity contribution in [2.45, 2.75) is 0 Å². The molecule has 2 amide bonds. The van der Waals surface area contributed by atoms with Gasteiger partial charge in [0.2, 0.25) is 5.91 Å². The van der Waals surface area contributed by atoms with Crippen LogP contribution in [0.3, 0.4) is 0 Å². The molecule has 0 aliphatic heterocycles. The molecule has 2 aromatic rings. The van der Waals surface area contributed by atoms with Crippen molar-refractivity contribution in [2.24, 2.45) is 0 Å². The van der Waals surface area contributed by atoms with Crippen LogP contribution in [0.25, 0.3) is 0 Å². The monoisotopic (exact) mass is 382 g/mol. The number of rotatable bonds is 6. The van der Waals surface area contributed by atoms with E-state index in [1.807, 2.05) is 0 Å². The van der Waals surface area contributed by atoms with Crippen LogP contribution in [0.1, 0.15) is 0 Å². The molecule has 2 aromatic carbocycles. The smallest absolute Gasteiger partial charge is 0.260 e. The Morgan fingerprint density at radius 1 is 1.16 bits per heavy atom. The van der Waals surface area contributed by atoms with Crippen molar-refractivity contribution in [3.05, 3.63) is 52.5 Å². The Bertz CT molecular complexity index is 783. The lowest BCUT2D eigenvalue weighted by atomic mass is 10.3. The van der Waals surface area contributed by atoms with E-state index in [0.29, 0.717) is 15.7 Å². The largest absolute Gasteiger partial charge is 0.504 e. The van der Waals surface area contributed by atoms with Gasteiger partial charge in [0, 0.05) is 12.7 Å². The van der Waals surface area contributed by atoms with Gasteiger partial charge in [-0.2, -0.15) is 0 Å². The van der Waals surface area contributed by atoms with Crippen LogP contribution < -0.4 is 10.1 Å².